The first-order valence-electron chi connectivity index (χ1n) is 4.61. The van der Waals surface area contributed by atoms with Crippen molar-refractivity contribution in [1.29, 1.82) is 0 Å². The van der Waals surface area contributed by atoms with Gasteiger partial charge in [0.15, 0.2) is 0 Å². The first-order chi connectivity index (χ1) is 8.37. The maximum Gasteiger partial charge on any atom is 0.271 e. The van der Waals surface area contributed by atoms with Crippen molar-refractivity contribution < 1.29 is 12.8 Å². The third-order valence-corrected chi connectivity index (χ3v) is 5.64. The average molecular weight is 371 g/mol. The molecule has 0 aliphatic heterocycles. The number of sulfonamides is 1. The van der Waals surface area contributed by atoms with E-state index < -0.39 is 15.8 Å². The van der Waals surface area contributed by atoms with Crippen molar-refractivity contribution in [3.63, 3.8) is 0 Å². The number of rotatable bonds is 3. The summed E-state index contributed by atoms with van der Waals surface area (Å²) in [4.78, 5) is 0. The van der Waals surface area contributed by atoms with Gasteiger partial charge in [0.25, 0.3) is 10.0 Å². The normalized spacial score (nSPS) is 11.5. The van der Waals surface area contributed by atoms with Crippen molar-refractivity contribution >= 4 is 54.6 Å². The number of hydrogen-bond acceptors (Lipinski definition) is 3. The predicted molar refractivity (Wildman–Crippen MR) is 74.2 cm³/mol. The maximum absolute atomic E-state index is 13.1. The highest BCUT2D eigenvalue weighted by Crippen LogP contribution is 2.28. The summed E-state index contributed by atoms with van der Waals surface area (Å²) >= 11 is 9.89. The average Bonchev–Trinajstić information content (AvgIpc) is 2.62. The van der Waals surface area contributed by atoms with Gasteiger partial charge in [-0.25, -0.2) is 12.8 Å². The molecule has 0 fully saturated rings. The van der Waals surface area contributed by atoms with Crippen LogP contribution in [0.25, 0.3) is 0 Å². The minimum Gasteiger partial charge on any atom is -0.279 e. The molecule has 1 aromatic heterocycles. The standard InChI is InChI=1S/C10H6BrClFNO2S2/c11-9-1-2-10(17-9)18(15,16)14-8-4-6(12)3-7(13)5-8/h1-5,14H. The van der Waals surface area contributed by atoms with Gasteiger partial charge < -0.3 is 0 Å². The SMILES string of the molecule is O=S(=O)(Nc1cc(F)cc(Cl)c1)c1ccc(Br)s1. The van der Waals surface area contributed by atoms with Gasteiger partial charge in [0.05, 0.1) is 9.47 Å². The molecule has 0 radical (unpaired) electrons. The quantitative estimate of drug-likeness (QED) is 0.884. The lowest BCUT2D eigenvalue weighted by atomic mass is 10.3. The molecule has 1 N–H and O–H groups in total. The summed E-state index contributed by atoms with van der Waals surface area (Å²) in [6.45, 7) is 0. The fourth-order valence-corrected chi connectivity index (χ4v) is 4.53. The zero-order valence-corrected chi connectivity index (χ0v) is 12.6. The zero-order valence-electron chi connectivity index (χ0n) is 8.65. The number of halogens is 3. The van der Waals surface area contributed by atoms with Gasteiger partial charge in [-0.2, -0.15) is 0 Å². The number of thiophene rings is 1. The largest absolute Gasteiger partial charge is 0.279 e. The van der Waals surface area contributed by atoms with E-state index in [1.165, 1.54) is 12.1 Å². The second kappa shape index (κ2) is 5.16. The minimum atomic E-state index is -3.71. The summed E-state index contributed by atoms with van der Waals surface area (Å²) in [6, 6.07) is 6.58. The maximum atomic E-state index is 13.1. The molecule has 3 nitrogen and oxygen atoms in total. The number of hydrogen-bond donors (Lipinski definition) is 1. The fraction of sp³-hybridized carbons (Fsp3) is 0. The Labute approximate surface area is 121 Å². The Morgan fingerprint density at radius 2 is 2.00 bits per heavy atom. The molecule has 1 heterocycles. The second-order valence-corrected chi connectivity index (χ2v) is 8.13. The van der Waals surface area contributed by atoms with E-state index in [-0.39, 0.29) is 14.9 Å². The fourth-order valence-electron chi connectivity index (χ4n) is 1.26. The lowest BCUT2D eigenvalue weighted by Gasteiger charge is -2.06. The van der Waals surface area contributed by atoms with Gasteiger partial charge >= 0.3 is 0 Å². The van der Waals surface area contributed by atoms with Crippen LogP contribution >= 0.6 is 38.9 Å². The third kappa shape index (κ3) is 3.23. The van der Waals surface area contributed by atoms with Crippen LogP contribution in [0.1, 0.15) is 0 Å². The van der Waals surface area contributed by atoms with Gasteiger partial charge in [-0.3, -0.25) is 4.72 Å². The van der Waals surface area contributed by atoms with Crippen LogP contribution in [0.5, 0.6) is 0 Å². The molecule has 0 amide bonds. The van der Waals surface area contributed by atoms with E-state index in [4.69, 9.17) is 11.6 Å². The van der Waals surface area contributed by atoms with Crippen molar-refractivity contribution in [2.45, 2.75) is 4.21 Å². The van der Waals surface area contributed by atoms with Crippen LogP contribution in [-0.2, 0) is 10.0 Å². The molecule has 2 rings (SSSR count). The topological polar surface area (TPSA) is 46.2 Å². The molecular formula is C10H6BrClFNO2S2. The zero-order chi connectivity index (χ0) is 13.3. The van der Waals surface area contributed by atoms with E-state index in [0.29, 0.717) is 3.79 Å². The van der Waals surface area contributed by atoms with Gasteiger partial charge in [-0.15, -0.1) is 11.3 Å². The Morgan fingerprint density at radius 3 is 2.56 bits per heavy atom. The van der Waals surface area contributed by atoms with Crippen molar-refractivity contribution in [1.82, 2.24) is 0 Å². The number of anilines is 1. The Kier molecular flexibility index (Phi) is 3.96. The van der Waals surface area contributed by atoms with Crippen molar-refractivity contribution in [3.8, 4) is 0 Å². The van der Waals surface area contributed by atoms with E-state index in [2.05, 4.69) is 20.7 Å². The van der Waals surface area contributed by atoms with Crippen LogP contribution in [0.4, 0.5) is 10.1 Å². The van der Waals surface area contributed by atoms with Gasteiger partial charge in [0, 0.05) is 5.02 Å². The summed E-state index contributed by atoms with van der Waals surface area (Å²) in [5.41, 5.74) is 0.0875. The first kappa shape index (κ1) is 13.8. The predicted octanol–water partition coefficient (Wildman–Crippen LogP) is 4.10. The molecule has 0 bridgehead atoms. The molecule has 0 unspecified atom stereocenters. The van der Waals surface area contributed by atoms with Crippen LogP contribution in [0.3, 0.4) is 0 Å². The molecule has 1 aromatic carbocycles. The van der Waals surface area contributed by atoms with Gasteiger partial charge in [-0.05, 0) is 46.3 Å². The molecule has 0 aliphatic rings. The lowest BCUT2D eigenvalue weighted by Crippen LogP contribution is -2.11. The van der Waals surface area contributed by atoms with E-state index in [1.54, 1.807) is 6.07 Å². The van der Waals surface area contributed by atoms with Crippen LogP contribution in [0, 0.1) is 5.82 Å². The summed E-state index contributed by atoms with van der Waals surface area (Å²) in [5.74, 6) is -0.604. The Bertz CT molecular complexity index is 667. The molecule has 0 aliphatic carbocycles. The monoisotopic (exact) mass is 369 g/mol. The van der Waals surface area contributed by atoms with Crippen LogP contribution in [-0.4, -0.2) is 8.42 Å². The van der Waals surface area contributed by atoms with Crippen molar-refractivity contribution in [2.24, 2.45) is 0 Å². The Morgan fingerprint density at radius 1 is 1.28 bits per heavy atom. The molecule has 0 saturated heterocycles. The molecule has 0 saturated carbocycles. The molecule has 96 valence electrons. The van der Waals surface area contributed by atoms with Gasteiger partial charge in [0.1, 0.15) is 10.0 Å². The van der Waals surface area contributed by atoms with E-state index in [9.17, 15) is 12.8 Å². The highest BCUT2D eigenvalue weighted by Gasteiger charge is 2.17. The highest BCUT2D eigenvalue weighted by molar-refractivity contribution is 9.11. The van der Waals surface area contributed by atoms with Gasteiger partial charge in [0.2, 0.25) is 0 Å². The summed E-state index contributed by atoms with van der Waals surface area (Å²) in [5, 5.41) is 0.125. The molecular weight excluding hydrogens is 365 g/mol. The highest BCUT2D eigenvalue weighted by atomic mass is 79.9. The van der Waals surface area contributed by atoms with Crippen molar-refractivity contribution in [3.05, 3.63) is 45.0 Å². The van der Waals surface area contributed by atoms with E-state index >= 15 is 0 Å². The first-order valence-corrected chi connectivity index (χ1v) is 8.08. The molecule has 2 aromatic rings. The van der Waals surface area contributed by atoms with E-state index in [1.807, 2.05) is 0 Å². The van der Waals surface area contributed by atoms with Crippen LogP contribution in [0.15, 0.2) is 38.3 Å². The molecule has 8 heteroatoms. The summed E-state index contributed by atoms with van der Waals surface area (Å²) in [7, 11) is -3.71. The number of benzene rings is 1. The van der Waals surface area contributed by atoms with Crippen LogP contribution < -0.4 is 4.72 Å². The lowest BCUT2D eigenvalue weighted by molar-refractivity contribution is 0.603. The summed E-state index contributed by atoms with van der Waals surface area (Å²) in [6.07, 6.45) is 0. The molecule has 0 spiro atoms. The third-order valence-electron chi connectivity index (χ3n) is 1.93. The smallest absolute Gasteiger partial charge is 0.271 e. The number of nitrogens with one attached hydrogen (secondary N) is 1. The molecule has 0 atom stereocenters. The van der Waals surface area contributed by atoms with Crippen LogP contribution in [0.2, 0.25) is 5.02 Å². The summed E-state index contributed by atoms with van der Waals surface area (Å²) < 4.78 is 40.1. The Balaban J connectivity index is 2.33. The van der Waals surface area contributed by atoms with E-state index in [0.717, 1.165) is 23.5 Å². The Hall–Kier alpha value is -0.630. The van der Waals surface area contributed by atoms with Crippen molar-refractivity contribution in [2.75, 3.05) is 4.72 Å². The molecule has 18 heavy (non-hydrogen) atoms. The second-order valence-electron chi connectivity index (χ2n) is 3.32. The van der Waals surface area contributed by atoms with Gasteiger partial charge in [-0.1, -0.05) is 11.6 Å². The minimum absolute atomic E-state index is 0.0875.